The molecule has 2 aliphatic rings. The number of thiazole rings is 1. The Morgan fingerprint density at radius 3 is 2.68 bits per heavy atom. The zero-order valence-electron chi connectivity index (χ0n) is 17.5. The van der Waals surface area contributed by atoms with Crippen molar-refractivity contribution in [3.63, 3.8) is 0 Å². The van der Waals surface area contributed by atoms with Crippen LogP contribution in [-0.2, 0) is 17.6 Å². The van der Waals surface area contributed by atoms with Gasteiger partial charge in [0.1, 0.15) is 11.3 Å². The number of piperazine rings is 1. The molecule has 0 saturated carbocycles. The molecule has 1 amide bonds. The average Bonchev–Trinajstić information content (AvgIpc) is 3.34. The molecule has 1 unspecified atom stereocenters. The number of anilines is 1. The van der Waals surface area contributed by atoms with Crippen LogP contribution in [0.15, 0.2) is 39.0 Å². The maximum atomic E-state index is 12.9. The van der Waals surface area contributed by atoms with E-state index in [1.165, 1.54) is 0 Å². The Morgan fingerprint density at radius 2 is 1.94 bits per heavy atom. The Balaban J connectivity index is 1.27. The number of carbonyl (C=O) groups excluding carboxylic acids is 1. The molecule has 1 saturated heterocycles. The zero-order chi connectivity index (χ0) is 21.4. The molecule has 2 aromatic heterocycles. The quantitative estimate of drug-likeness (QED) is 0.581. The van der Waals surface area contributed by atoms with Crippen molar-refractivity contribution < 1.29 is 13.9 Å². The molecule has 162 valence electrons. The van der Waals surface area contributed by atoms with Crippen LogP contribution in [0.4, 0.5) is 5.13 Å². The summed E-state index contributed by atoms with van der Waals surface area (Å²) >= 11 is 1.61. The van der Waals surface area contributed by atoms with E-state index in [2.05, 4.69) is 9.88 Å². The van der Waals surface area contributed by atoms with Crippen LogP contribution in [0.1, 0.15) is 30.9 Å². The van der Waals surface area contributed by atoms with Crippen molar-refractivity contribution in [1.82, 2.24) is 9.88 Å². The minimum atomic E-state index is -0.617. The number of carbonyl (C=O) groups is 1. The van der Waals surface area contributed by atoms with E-state index < -0.39 is 6.10 Å². The molecule has 3 heterocycles. The number of aryl methyl sites for hydroxylation is 1. The third kappa shape index (κ3) is 3.92. The average molecular weight is 440 g/mol. The molecule has 1 atom stereocenters. The van der Waals surface area contributed by atoms with Crippen molar-refractivity contribution in [2.75, 3.05) is 31.1 Å². The summed E-state index contributed by atoms with van der Waals surface area (Å²) in [6.45, 7) is 4.58. The predicted molar refractivity (Wildman–Crippen MR) is 120 cm³/mol. The second-order valence-electron chi connectivity index (χ2n) is 8.10. The van der Waals surface area contributed by atoms with E-state index in [1.807, 2.05) is 22.4 Å². The van der Waals surface area contributed by atoms with E-state index in [0.717, 1.165) is 60.4 Å². The smallest absolute Gasteiger partial charge is 0.339 e. The van der Waals surface area contributed by atoms with E-state index in [9.17, 15) is 9.59 Å². The van der Waals surface area contributed by atoms with Gasteiger partial charge in [0, 0.05) is 54.8 Å². The predicted octanol–water partition coefficient (Wildman–Crippen LogP) is 3.24. The molecule has 0 N–H and O–H groups in total. The lowest BCUT2D eigenvalue weighted by Gasteiger charge is -2.35. The van der Waals surface area contributed by atoms with Crippen LogP contribution < -0.4 is 15.3 Å². The third-order valence-corrected chi connectivity index (χ3v) is 6.97. The molecule has 3 aromatic rings. The Kier molecular flexibility index (Phi) is 5.40. The van der Waals surface area contributed by atoms with Crippen LogP contribution in [0.2, 0.25) is 0 Å². The third-order valence-electron chi connectivity index (χ3n) is 6.14. The summed E-state index contributed by atoms with van der Waals surface area (Å²) in [6, 6.07) is 5.54. The number of nitrogens with zero attached hydrogens (tertiary/aromatic N) is 3. The number of ether oxygens (including phenoxy) is 1. The van der Waals surface area contributed by atoms with Crippen molar-refractivity contribution in [1.29, 1.82) is 0 Å². The standard InChI is InChI=1S/C23H25N3O4S/c1-15(21(27)25-9-11-26(12-10-25)23-24-8-13-31-23)29-16-6-7-18-17-4-2-3-5-19(17)22(28)30-20(18)14-16/h6-8,13-15H,2-5,9-12H2,1H3. The van der Waals surface area contributed by atoms with Crippen molar-refractivity contribution in [2.24, 2.45) is 0 Å². The Bertz CT molecular complexity index is 1150. The molecule has 1 fully saturated rings. The highest BCUT2D eigenvalue weighted by atomic mass is 32.1. The highest BCUT2D eigenvalue weighted by Crippen LogP contribution is 2.29. The van der Waals surface area contributed by atoms with E-state index >= 15 is 0 Å². The van der Waals surface area contributed by atoms with Gasteiger partial charge in [-0.05, 0) is 50.3 Å². The molecule has 1 aliphatic carbocycles. The van der Waals surface area contributed by atoms with Gasteiger partial charge in [-0.3, -0.25) is 4.79 Å². The van der Waals surface area contributed by atoms with E-state index in [0.29, 0.717) is 24.4 Å². The number of benzene rings is 1. The van der Waals surface area contributed by atoms with Gasteiger partial charge in [-0.2, -0.15) is 0 Å². The summed E-state index contributed by atoms with van der Waals surface area (Å²) in [5.41, 5.74) is 2.19. The van der Waals surface area contributed by atoms with Crippen molar-refractivity contribution >= 4 is 33.3 Å². The first kappa shape index (κ1) is 20.1. The maximum absolute atomic E-state index is 12.9. The monoisotopic (exact) mass is 439 g/mol. The Hall–Kier alpha value is -2.87. The fraction of sp³-hybridized carbons (Fsp3) is 0.435. The molecule has 5 rings (SSSR count). The molecular weight excluding hydrogens is 414 g/mol. The molecular formula is C23H25N3O4S. The summed E-state index contributed by atoms with van der Waals surface area (Å²) in [4.78, 5) is 33.6. The maximum Gasteiger partial charge on any atom is 0.339 e. The number of hydrogen-bond acceptors (Lipinski definition) is 7. The Morgan fingerprint density at radius 1 is 1.16 bits per heavy atom. The molecule has 8 heteroatoms. The number of aromatic nitrogens is 1. The van der Waals surface area contributed by atoms with Gasteiger partial charge in [0.25, 0.3) is 5.91 Å². The van der Waals surface area contributed by atoms with Crippen LogP contribution in [0.3, 0.4) is 0 Å². The molecule has 7 nitrogen and oxygen atoms in total. The summed E-state index contributed by atoms with van der Waals surface area (Å²) in [5.74, 6) is 0.500. The van der Waals surface area contributed by atoms with Crippen LogP contribution in [0.25, 0.3) is 11.0 Å². The van der Waals surface area contributed by atoms with Crippen molar-refractivity contribution in [3.05, 3.63) is 51.3 Å². The largest absolute Gasteiger partial charge is 0.481 e. The zero-order valence-corrected chi connectivity index (χ0v) is 18.3. The van der Waals surface area contributed by atoms with Crippen molar-refractivity contribution in [3.8, 4) is 5.75 Å². The first-order valence-electron chi connectivity index (χ1n) is 10.8. The first-order valence-corrected chi connectivity index (χ1v) is 11.7. The van der Waals surface area contributed by atoms with E-state index in [-0.39, 0.29) is 11.5 Å². The topological polar surface area (TPSA) is 75.9 Å². The van der Waals surface area contributed by atoms with Gasteiger partial charge in [-0.25, -0.2) is 9.78 Å². The second-order valence-corrected chi connectivity index (χ2v) is 8.97. The Labute approximate surface area is 184 Å². The van der Waals surface area contributed by atoms with Gasteiger partial charge >= 0.3 is 5.63 Å². The summed E-state index contributed by atoms with van der Waals surface area (Å²) < 4.78 is 11.5. The van der Waals surface area contributed by atoms with Crippen LogP contribution in [-0.4, -0.2) is 48.1 Å². The number of fused-ring (bicyclic) bond motifs is 3. The fourth-order valence-electron chi connectivity index (χ4n) is 4.50. The minimum Gasteiger partial charge on any atom is -0.481 e. The summed E-state index contributed by atoms with van der Waals surface area (Å²) in [7, 11) is 0. The highest BCUT2D eigenvalue weighted by molar-refractivity contribution is 7.13. The van der Waals surface area contributed by atoms with Gasteiger partial charge in [-0.15, -0.1) is 11.3 Å². The normalized spacial score (nSPS) is 17.5. The molecule has 1 aliphatic heterocycles. The lowest BCUT2D eigenvalue weighted by atomic mass is 9.91. The second kappa shape index (κ2) is 8.34. The highest BCUT2D eigenvalue weighted by Gasteiger charge is 2.27. The SMILES string of the molecule is CC(Oc1ccc2c3c(c(=O)oc2c1)CCCC3)C(=O)N1CCN(c2nccs2)CC1. The summed E-state index contributed by atoms with van der Waals surface area (Å²) in [5, 5.41) is 3.93. The fourth-order valence-corrected chi connectivity index (χ4v) is 5.20. The van der Waals surface area contributed by atoms with Gasteiger partial charge in [-0.1, -0.05) is 0 Å². The number of hydrogen-bond donors (Lipinski definition) is 0. The van der Waals surface area contributed by atoms with E-state index in [4.69, 9.17) is 9.15 Å². The molecule has 0 radical (unpaired) electrons. The van der Waals surface area contributed by atoms with Gasteiger partial charge in [0.05, 0.1) is 0 Å². The molecule has 31 heavy (non-hydrogen) atoms. The van der Waals surface area contributed by atoms with Crippen LogP contribution >= 0.6 is 11.3 Å². The molecule has 0 spiro atoms. The summed E-state index contributed by atoms with van der Waals surface area (Å²) in [6.07, 6.45) is 4.99. The molecule has 1 aromatic carbocycles. The number of rotatable bonds is 4. The van der Waals surface area contributed by atoms with Gasteiger partial charge < -0.3 is 19.0 Å². The lowest BCUT2D eigenvalue weighted by Crippen LogP contribution is -2.52. The molecule has 0 bridgehead atoms. The van der Waals surface area contributed by atoms with Gasteiger partial charge in [0.15, 0.2) is 11.2 Å². The lowest BCUT2D eigenvalue weighted by molar-refractivity contribution is -0.138. The first-order chi connectivity index (χ1) is 15.1. The van der Waals surface area contributed by atoms with Gasteiger partial charge in [0.2, 0.25) is 0 Å². The van der Waals surface area contributed by atoms with Crippen molar-refractivity contribution in [2.45, 2.75) is 38.7 Å². The van der Waals surface area contributed by atoms with Crippen LogP contribution in [0.5, 0.6) is 5.75 Å². The van der Waals surface area contributed by atoms with Crippen LogP contribution in [0, 0.1) is 0 Å². The minimum absolute atomic E-state index is 0.0363. The van der Waals surface area contributed by atoms with E-state index in [1.54, 1.807) is 30.5 Å². The number of amides is 1.